The monoisotopic (exact) mass is 375 g/mol. The van der Waals surface area contributed by atoms with Gasteiger partial charge >= 0.3 is 0 Å². The van der Waals surface area contributed by atoms with Gasteiger partial charge < -0.3 is 9.88 Å². The summed E-state index contributed by atoms with van der Waals surface area (Å²) in [6.45, 7) is 3.94. The van der Waals surface area contributed by atoms with Gasteiger partial charge in [-0.1, -0.05) is 29.8 Å². The summed E-state index contributed by atoms with van der Waals surface area (Å²) in [5.41, 5.74) is 4.44. The molecule has 1 aromatic heterocycles. The van der Waals surface area contributed by atoms with Gasteiger partial charge in [-0.3, -0.25) is 4.79 Å². The normalized spacial score (nSPS) is 11.1. The molecule has 1 amide bonds. The van der Waals surface area contributed by atoms with Crippen molar-refractivity contribution in [1.29, 1.82) is 5.26 Å². The summed E-state index contributed by atoms with van der Waals surface area (Å²) in [6, 6.07) is 20.6. The number of carbonyl (C=O) groups excluding carboxylic acids is 1. The minimum Gasteiger partial charge on any atom is -0.321 e. The Labute approximate surface area is 163 Å². The van der Waals surface area contributed by atoms with Gasteiger partial charge in [-0.15, -0.1) is 0 Å². The second-order valence-corrected chi connectivity index (χ2v) is 6.56. The molecule has 0 bridgehead atoms. The predicted octanol–water partition coefficient (Wildman–Crippen LogP) is 5.29. The van der Waals surface area contributed by atoms with Crippen LogP contribution in [0.3, 0.4) is 0 Å². The van der Waals surface area contributed by atoms with E-state index in [1.807, 2.05) is 68.4 Å². The van der Waals surface area contributed by atoms with Gasteiger partial charge in [-0.25, -0.2) is 0 Å². The molecule has 0 aliphatic carbocycles. The number of benzene rings is 2. The van der Waals surface area contributed by atoms with Crippen molar-refractivity contribution in [2.45, 2.75) is 13.8 Å². The number of aromatic nitrogens is 1. The lowest BCUT2D eigenvalue weighted by atomic mass is 10.1. The third-order valence-corrected chi connectivity index (χ3v) is 4.50. The highest BCUT2D eigenvalue weighted by molar-refractivity contribution is 6.30. The lowest BCUT2D eigenvalue weighted by Gasteiger charge is -2.09. The van der Waals surface area contributed by atoms with Gasteiger partial charge in [0.1, 0.15) is 11.6 Å². The zero-order chi connectivity index (χ0) is 19.4. The molecule has 0 aliphatic rings. The molecule has 0 unspecified atom stereocenters. The summed E-state index contributed by atoms with van der Waals surface area (Å²) >= 11 is 5.97. The van der Waals surface area contributed by atoms with Crippen LogP contribution in [0, 0.1) is 25.2 Å². The first kappa shape index (κ1) is 18.5. The van der Waals surface area contributed by atoms with E-state index in [1.54, 1.807) is 18.2 Å². The number of rotatable bonds is 4. The number of hydrogen-bond donors (Lipinski definition) is 1. The van der Waals surface area contributed by atoms with Crippen LogP contribution in [0.25, 0.3) is 11.8 Å². The van der Waals surface area contributed by atoms with E-state index in [2.05, 4.69) is 9.88 Å². The van der Waals surface area contributed by atoms with E-state index in [9.17, 15) is 10.1 Å². The van der Waals surface area contributed by atoms with Crippen LogP contribution < -0.4 is 5.32 Å². The van der Waals surface area contributed by atoms with Crippen LogP contribution in [0.4, 0.5) is 5.69 Å². The molecule has 1 heterocycles. The van der Waals surface area contributed by atoms with Crippen molar-refractivity contribution in [3.8, 4) is 11.8 Å². The third kappa shape index (κ3) is 4.11. The maximum absolute atomic E-state index is 12.4. The SMILES string of the molecule is Cc1cc(/C=C(/C#N)C(=O)Nc2ccccc2)c(C)n1-c1ccc(Cl)cc1. The maximum Gasteiger partial charge on any atom is 0.266 e. The van der Waals surface area contributed by atoms with Gasteiger partial charge in [0.15, 0.2) is 0 Å². The van der Waals surface area contributed by atoms with Crippen LogP contribution in [0.15, 0.2) is 66.2 Å². The third-order valence-electron chi connectivity index (χ3n) is 4.25. The number of para-hydroxylation sites is 1. The molecule has 27 heavy (non-hydrogen) atoms. The van der Waals surface area contributed by atoms with E-state index >= 15 is 0 Å². The highest BCUT2D eigenvalue weighted by Gasteiger charge is 2.14. The molecular weight excluding hydrogens is 358 g/mol. The Kier molecular flexibility index (Phi) is 5.44. The summed E-state index contributed by atoms with van der Waals surface area (Å²) in [4.78, 5) is 12.4. The molecule has 4 nitrogen and oxygen atoms in total. The highest BCUT2D eigenvalue weighted by atomic mass is 35.5. The van der Waals surface area contributed by atoms with Crippen LogP contribution in [0.1, 0.15) is 17.0 Å². The number of carbonyl (C=O) groups is 1. The Bertz CT molecular complexity index is 1040. The van der Waals surface area contributed by atoms with Crippen LogP contribution in [0.2, 0.25) is 5.02 Å². The highest BCUT2D eigenvalue weighted by Crippen LogP contribution is 2.24. The van der Waals surface area contributed by atoms with E-state index in [-0.39, 0.29) is 5.57 Å². The van der Waals surface area contributed by atoms with Crippen LogP contribution in [0.5, 0.6) is 0 Å². The fraction of sp³-hybridized carbons (Fsp3) is 0.0909. The minimum atomic E-state index is -0.431. The second-order valence-electron chi connectivity index (χ2n) is 6.13. The number of aryl methyl sites for hydroxylation is 1. The molecule has 0 saturated heterocycles. The van der Waals surface area contributed by atoms with Gasteiger partial charge in [-0.2, -0.15) is 5.26 Å². The Morgan fingerprint density at radius 1 is 1.11 bits per heavy atom. The number of hydrogen-bond acceptors (Lipinski definition) is 2. The zero-order valence-corrected chi connectivity index (χ0v) is 15.8. The average molecular weight is 376 g/mol. The van der Waals surface area contributed by atoms with Crippen molar-refractivity contribution in [1.82, 2.24) is 4.57 Å². The number of amides is 1. The molecule has 0 saturated carbocycles. The molecule has 3 aromatic rings. The lowest BCUT2D eigenvalue weighted by molar-refractivity contribution is -0.112. The summed E-state index contributed by atoms with van der Waals surface area (Å²) in [7, 11) is 0. The molecule has 0 spiro atoms. The smallest absolute Gasteiger partial charge is 0.266 e. The quantitative estimate of drug-likeness (QED) is 0.497. The zero-order valence-electron chi connectivity index (χ0n) is 15.0. The van der Waals surface area contributed by atoms with Gasteiger partial charge in [0.05, 0.1) is 0 Å². The first-order chi connectivity index (χ1) is 13.0. The van der Waals surface area contributed by atoms with E-state index in [0.717, 1.165) is 22.6 Å². The van der Waals surface area contributed by atoms with Crippen molar-refractivity contribution in [2.75, 3.05) is 5.32 Å². The van der Waals surface area contributed by atoms with Crippen molar-refractivity contribution < 1.29 is 4.79 Å². The Morgan fingerprint density at radius 2 is 1.78 bits per heavy atom. The van der Waals surface area contributed by atoms with Crippen LogP contribution in [-0.2, 0) is 4.79 Å². The summed E-state index contributed by atoms with van der Waals surface area (Å²) in [5.74, 6) is -0.431. The Morgan fingerprint density at radius 3 is 2.41 bits per heavy atom. The molecule has 5 heteroatoms. The standard InChI is InChI=1S/C22H18ClN3O/c1-15-12-17(16(2)26(15)21-10-8-19(23)9-11-21)13-18(14-24)22(27)25-20-6-4-3-5-7-20/h3-13H,1-2H3,(H,25,27)/b18-13-. The van der Waals surface area contributed by atoms with Crippen molar-refractivity contribution in [2.24, 2.45) is 0 Å². The summed E-state index contributed by atoms with van der Waals surface area (Å²) in [6.07, 6.45) is 1.62. The first-order valence-corrected chi connectivity index (χ1v) is 8.80. The van der Waals surface area contributed by atoms with Crippen LogP contribution in [-0.4, -0.2) is 10.5 Å². The average Bonchev–Trinajstić information content (AvgIpc) is 2.94. The maximum atomic E-state index is 12.4. The molecule has 0 fully saturated rings. The van der Waals surface area contributed by atoms with E-state index < -0.39 is 5.91 Å². The van der Waals surface area contributed by atoms with E-state index in [0.29, 0.717) is 10.7 Å². The van der Waals surface area contributed by atoms with E-state index in [4.69, 9.17) is 11.6 Å². The molecular formula is C22H18ClN3O. The molecule has 2 aromatic carbocycles. The molecule has 0 atom stereocenters. The molecule has 134 valence electrons. The van der Waals surface area contributed by atoms with E-state index in [1.165, 1.54) is 0 Å². The largest absolute Gasteiger partial charge is 0.321 e. The summed E-state index contributed by atoms with van der Waals surface area (Å²) < 4.78 is 2.06. The van der Waals surface area contributed by atoms with Gasteiger partial charge in [0, 0.05) is 27.8 Å². The van der Waals surface area contributed by atoms with Crippen molar-refractivity contribution in [3.05, 3.63) is 88.2 Å². The Hall–Kier alpha value is -3.29. The number of nitrogens with zero attached hydrogens (tertiary/aromatic N) is 2. The second kappa shape index (κ2) is 7.94. The number of nitrogens with one attached hydrogen (secondary N) is 1. The number of halogens is 1. The van der Waals surface area contributed by atoms with Gasteiger partial charge in [0.2, 0.25) is 0 Å². The molecule has 0 radical (unpaired) electrons. The predicted molar refractivity (Wildman–Crippen MR) is 109 cm³/mol. The van der Waals surface area contributed by atoms with Gasteiger partial charge in [-0.05, 0) is 68.0 Å². The topological polar surface area (TPSA) is 57.8 Å². The Balaban J connectivity index is 1.93. The fourth-order valence-electron chi connectivity index (χ4n) is 2.95. The van der Waals surface area contributed by atoms with Crippen molar-refractivity contribution in [3.63, 3.8) is 0 Å². The summed E-state index contributed by atoms with van der Waals surface area (Å²) in [5, 5.41) is 12.9. The first-order valence-electron chi connectivity index (χ1n) is 8.42. The number of nitriles is 1. The lowest BCUT2D eigenvalue weighted by Crippen LogP contribution is -2.13. The van der Waals surface area contributed by atoms with Crippen molar-refractivity contribution >= 4 is 29.3 Å². The molecule has 1 N–H and O–H groups in total. The molecule has 0 aliphatic heterocycles. The molecule has 3 rings (SSSR count). The van der Waals surface area contributed by atoms with Crippen LogP contribution >= 0.6 is 11.6 Å². The minimum absolute atomic E-state index is 0.0511. The van der Waals surface area contributed by atoms with Gasteiger partial charge in [0.25, 0.3) is 5.91 Å². The fourth-order valence-corrected chi connectivity index (χ4v) is 3.07. The number of anilines is 1.